The number of hydrogen-bond donors (Lipinski definition) is 2. The van der Waals surface area contributed by atoms with Gasteiger partial charge >= 0.3 is 0 Å². The van der Waals surface area contributed by atoms with E-state index >= 15 is 0 Å². The smallest absolute Gasteiger partial charge is 0.266 e. The molecule has 1 aromatic heterocycles. The third kappa shape index (κ3) is 2.10. The number of nitrogens with two attached hydrogens (primary N) is 1. The van der Waals surface area contributed by atoms with Gasteiger partial charge in [0.1, 0.15) is 17.3 Å². The van der Waals surface area contributed by atoms with Gasteiger partial charge in [0.05, 0.1) is 12.8 Å². The highest BCUT2D eigenvalue weighted by Gasteiger charge is 2.12. The molecule has 1 aromatic carbocycles. The largest absolute Gasteiger partial charge is 0.496 e. The van der Waals surface area contributed by atoms with Crippen LogP contribution in [0.4, 0.5) is 4.39 Å². The van der Waals surface area contributed by atoms with Crippen LogP contribution in [0.5, 0.6) is 5.75 Å². The third-order valence-electron chi connectivity index (χ3n) is 2.28. The molecule has 0 bridgehead atoms. The third-order valence-corrected chi connectivity index (χ3v) is 2.28. The van der Waals surface area contributed by atoms with Crippen LogP contribution >= 0.6 is 0 Å². The number of aromatic amines is 1. The van der Waals surface area contributed by atoms with E-state index in [1.165, 1.54) is 31.4 Å². The fourth-order valence-electron chi connectivity index (χ4n) is 1.46. The van der Waals surface area contributed by atoms with Crippen molar-refractivity contribution in [2.24, 2.45) is 5.73 Å². The average Bonchev–Trinajstić information content (AvgIpc) is 2.78. The van der Waals surface area contributed by atoms with E-state index in [0.29, 0.717) is 17.0 Å². The maximum absolute atomic E-state index is 13.0. The van der Waals surface area contributed by atoms with E-state index in [9.17, 15) is 9.18 Å². The van der Waals surface area contributed by atoms with Gasteiger partial charge in [0.25, 0.3) is 5.91 Å². The first-order chi connectivity index (χ1) is 8.11. The lowest BCUT2D eigenvalue weighted by Gasteiger charge is -2.05. The van der Waals surface area contributed by atoms with Crippen molar-refractivity contribution in [3.05, 3.63) is 35.8 Å². The summed E-state index contributed by atoms with van der Waals surface area (Å²) in [6.07, 6.45) is 0. The molecule has 5 nitrogen and oxygen atoms in total. The van der Waals surface area contributed by atoms with Crippen molar-refractivity contribution < 1.29 is 13.9 Å². The number of rotatable bonds is 3. The first-order valence-corrected chi connectivity index (χ1v) is 4.81. The maximum Gasteiger partial charge on any atom is 0.266 e. The summed E-state index contributed by atoms with van der Waals surface area (Å²) in [7, 11) is 1.43. The van der Waals surface area contributed by atoms with Crippen LogP contribution in [-0.2, 0) is 0 Å². The number of primary amides is 1. The molecule has 0 saturated carbocycles. The van der Waals surface area contributed by atoms with E-state index < -0.39 is 11.7 Å². The van der Waals surface area contributed by atoms with Gasteiger partial charge in [-0.3, -0.25) is 9.89 Å². The van der Waals surface area contributed by atoms with E-state index in [1.807, 2.05) is 0 Å². The van der Waals surface area contributed by atoms with E-state index in [-0.39, 0.29) is 5.69 Å². The van der Waals surface area contributed by atoms with Gasteiger partial charge in [-0.1, -0.05) is 0 Å². The van der Waals surface area contributed by atoms with Gasteiger partial charge in [0.15, 0.2) is 0 Å². The molecule has 0 saturated heterocycles. The van der Waals surface area contributed by atoms with Crippen molar-refractivity contribution in [1.29, 1.82) is 0 Å². The molecule has 0 aliphatic heterocycles. The number of carbonyl (C=O) groups excluding carboxylic acids is 1. The number of carbonyl (C=O) groups is 1. The number of benzene rings is 1. The number of nitrogens with one attached hydrogen (secondary N) is 1. The number of amides is 1. The van der Waals surface area contributed by atoms with Crippen LogP contribution in [0, 0.1) is 5.82 Å². The second-order valence-corrected chi connectivity index (χ2v) is 3.38. The molecular formula is C11H10FN3O2. The minimum Gasteiger partial charge on any atom is -0.496 e. The lowest BCUT2D eigenvalue weighted by molar-refractivity contribution is 0.0995. The highest BCUT2D eigenvalue weighted by atomic mass is 19.1. The quantitative estimate of drug-likeness (QED) is 0.841. The molecular weight excluding hydrogens is 225 g/mol. The fourth-order valence-corrected chi connectivity index (χ4v) is 1.46. The predicted molar refractivity (Wildman–Crippen MR) is 59.1 cm³/mol. The van der Waals surface area contributed by atoms with Gasteiger partial charge in [-0.05, 0) is 18.2 Å². The second kappa shape index (κ2) is 4.25. The van der Waals surface area contributed by atoms with Gasteiger partial charge in [0, 0.05) is 11.6 Å². The number of aromatic nitrogens is 2. The Kier molecular flexibility index (Phi) is 2.78. The van der Waals surface area contributed by atoms with Crippen LogP contribution < -0.4 is 10.5 Å². The molecule has 0 unspecified atom stereocenters. The van der Waals surface area contributed by atoms with Crippen LogP contribution in [0.1, 0.15) is 10.5 Å². The van der Waals surface area contributed by atoms with Gasteiger partial charge in [0.2, 0.25) is 0 Å². The summed E-state index contributed by atoms with van der Waals surface area (Å²) in [4.78, 5) is 10.9. The lowest BCUT2D eigenvalue weighted by Crippen LogP contribution is -2.10. The Morgan fingerprint density at radius 3 is 2.82 bits per heavy atom. The summed E-state index contributed by atoms with van der Waals surface area (Å²) < 4.78 is 18.0. The first-order valence-electron chi connectivity index (χ1n) is 4.81. The zero-order chi connectivity index (χ0) is 12.4. The number of halogens is 1. The summed E-state index contributed by atoms with van der Waals surface area (Å²) in [5.41, 5.74) is 6.33. The molecule has 0 aliphatic rings. The fraction of sp³-hybridized carbons (Fsp3) is 0.0909. The molecule has 0 radical (unpaired) electrons. The molecule has 88 valence electrons. The Balaban J connectivity index is 2.48. The minimum absolute atomic E-state index is 0.186. The van der Waals surface area contributed by atoms with Crippen molar-refractivity contribution in [2.45, 2.75) is 0 Å². The molecule has 2 rings (SSSR count). The number of methoxy groups -OCH3 is 1. The van der Waals surface area contributed by atoms with Gasteiger partial charge in [-0.25, -0.2) is 4.39 Å². The number of H-pyrrole nitrogens is 1. The van der Waals surface area contributed by atoms with Crippen LogP contribution in [-0.4, -0.2) is 23.2 Å². The van der Waals surface area contributed by atoms with E-state index in [4.69, 9.17) is 10.5 Å². The molecule has 0 spiro atoms. The number of hydrogen-bond acceptors (Lipinski definition) is 3. The predicted octanol–water partition coefficient (Wildman–Crippen LogP) is 1.32. The average molecular weight is 235 g/mol. The molecule has 0 aliphatic carbocycles. The zero-order valence-corrected chi connectivity index (χ0v) is 9.03. The topological polar surface area (TPSA) is 81.0 Å². The summed E-state index contributed by atoms with van der Waals surface area (Å²) in [5, 5.41) is 6.41. The van der Waals surface area contributed by atoms with Crippen molar-refractivity contribution in [2.75, 3.05) is 7.11 Å². The van der Waals surface area contributed by atoms with Crippen molar-refractivity contribution in [3.8, 4) is 17.0 Å². The van der Waals surface area contributed by atoms with Crippen molar-refractivity contribution in [3.63, 3.8) is 0 Å². The molecule has 0 atom stereocenters. The molecule has 17 heavy (non-hydrogen) atoms. The summed E-state index contributed by atoms with van der Waals surface area (Å²) in [6, 6.07) is 5.54. The SMILES string of the molecule is COc1cc(F)ccc1-c1cc(C(N)=O)[nH]n1. The Bertz CT molecular complexity index is 566. The Morgan fingerprint density at radius 2 is 2.24 bits per heavy atom. The molecule has 2 aromatic rings. The lowest BCUT2D eigenvalue weighted by atomic mass is 10.1. The Hall–Kier alpha value is -2.37. The Labute approximate surface area is 96.4 Å². The molecule has 6 heteroatoms. The number of nitrogens with zero attached hydrogens (tertiary/aromatic N) is 1. The minimum atomic E-state index is -0.607. The second-order valence-electron chi connectivity index (χ2n) is 3.38. The first kappa shape index (κ1) is 11.1. The number of ether oxygens (including phenoxy) is 1. The standard InChI is InChI=1S/C11H10FN3O2/c1-17-10-4-6(12)2-3-7(10)8-5-9(11(13)16)15-14-8/h2-5H,1H3,(H2,13,16)(H,14,15). The monoisotopic (exact) mass is 235 g/mol. The van der Waals surface area contributed by atoms with Crippen LogP contribution in [0.2, 0.25) is 0 Å². The normalized spacial score (nSPS) is 10.2. The zero-order valence-electron chi connectivity index (χ0n) is 9.03. The van der Waals surface area contributed by atoms with Gasteiger partial charge in [-0.15, -0.1) is 0 Å². The van der Waals surface area contributed by atoms with Crippen LogP contribution in [0.15, 0.2) is 24.3 Å². The maximum atomic E-state index is 13.0. The van der Waals surface area contributed by atoms with Crippen LogP contribution in [0.25, 0.3) is 11.3 Å². The van der Waals surface area contributed by atoms with E-state index in [1.54, 1.807) is 0 Å². The van der Waals surface area contributed by atoms with Gasteiger partial charge in [-0.2, -0.15) is 5.10 Å². The van der Waals surface area contributed by atoms with Crippen molar-refractivity contribution >= 4 is 5.91 Å². The highest BCUT2D eigenvalue weighted by Crippen LogP contribution is 2.29. The summed E-state index contributed by atoms with van der Waals surface area (Å²) >= 11 is 0. The molecule has 3 N–H and O–H groups in total. The Morgan fingerprint density at radius 1 is 1.47 bits per heavy atom. The van der Waals surface area contributed by atoms with Crippen LogP contribution in [0.3, 0.4) is 0 Å². The molecule has 1 heterocycles. The van der Waals surface area contributed by atoms with Gasteiger partial charge < -0.3 is 10.5 Å². The van der Waals surface area contributed by atoms with E-state index in [0.717, 1.165) is 0 Å². The van der Waals surface area contributed by atoms with Crippen molar-refractivity contribution in [1.82, 2.24) is 10.2 Å². The molecule has 0 fully saturated rings. The van der Waals surface area contributed by atoms with E-state index in [2.05, 4.69) is 10.2 Å². The molecule has 1 amide bonds. The summed E-state index contributed by atoms with van der Waals surface area (Å²) in [6.45, 7) is 0. The highest BCUT2D eigenvalue weighted by molar-refractivity contribution is 5.92. The summed E-state index contributed by atoms with van der Waals surface area (Å²) in [5.74, 6) is -0.673.